The van der Waals surface area contributed by atoms with Gasteiger partial charge in [0, 0.05) is 37.7 Å². The third-order valence-corrected chi connectivity index (χ3v) is 5.55. The summed E-state index contributed by atoms with van der Waals surface area (Å²) in [5.41, 5.74) is 0.896. The third-order valence-electron chi connectivity index (χ3n) is 5.55. The standard InChI is InChI=1S/C20H27N5O3.ClH/c1-27-17-4-2-15(3-5-17)19-22-18(28-23-19)14-24-10-12-25(13-11-24)20(26)16-6-8-21-9-7-16;/h2-5,16,21H,6-14H2,1H3;1H. The predicted molar refractivity (Wildman–Crippen MR) is 111 cm³/mol. The molecule has 2 aromatic rings. The Balaban J connectivity index is 0.00000240. The molecule has 29 heavy (non-hydrogen) atoms. The molecule has 3 heterocycles. The van der Waals surface area contributed by atoms with Crippen LogP contribution in [0, 0.1) is 5.92 Å². The van der Waals surface area contributed by atoms with Gasteiger partial charge in [-0.3, -0.25) is 9.69 Å². The number of benzene rings is 1. The molecule has 0 atom stereocenters. The van der Waals surface area contributed by atoms with Gasteiger partial charge in [0.2, 0.25) is 17.6 Å². The number of methoxy groups -OCH3 is 1. The molecule has 0 spiro atoms. The summed E-state index contributed by atoms with van der Waals surface area (Å²) < 4.78 is 10.6. The van der Waals surface area contributed by atoms with Crippen molar-refractivity contribution in [1.82, 2.24) is 25.3 Å². The van der Waals surface area contributed by atoms with E-state index in [2.05, 4.69) is 20.4 Å². The minimum atomic E-state index is 0. The minimum Gasteiger partial charge on any atom is -0.497 e. The van der Waals surface area contributed by atoms with Crippen LogP contribution in [0.4, 0.5) is 0 Å². The zero-order valence-corrected chi connectivity index (χ0v) is 17.5. The molecule has 2 saturated heterocycles. The smallest absolute Gasteiger partial charge is 0.241 e. The van der Waals surface area contributed by atoms with Crippen LogP contribution in [-0.2, 0) is 11.3 Å². The number of piperidine rings is 1. The molecule has 1 amide bonds. The Bertz CT molecular complexity index is 784. The fourth-order valence-electron chi connectivity index (χ4n) is 3.82. The summed E-state index contributed by atoms with van der Waals surface area (Å²) in [7, 11) is 1.64. The first-order valence-electron chi connectivity index (χ1n) is 9.92. The highest BCUT2D eigenvalue weighted by Crippen LogP contribution is 2.21. The lowest BCUT2D eigenvalue weighted by Crippen LogP contribution is -2.51. The molecule has 2 aliphatic rings. The summed E-state index contributed by atoms with van der Waals surface area (Å²) in [5.74, 6) is 2.49. The Labute approximate surface area is 177 Å². The van der Waals surface area contributed by atoms with Gasteiger partial charge in [0.15, 0.2) is 0 Å². The number of amides is 1. The minimum absolute atomic E-state index is 0. The van der Waals surface area contributed by atoms with Gasteiger partial charge in [-0.15, -0.1) is 12.4 Å². The van der Waals surface area contributed by atoms with E-state index in [1.54, 1.807) is 7.11 Å². The highest BCUT2D eigenvalue weighted by Gasteiger charge is 2.28. The molecular weight excluding hydrogens is 394 g/mol. The number of hydrogen-bond acceptors (Lipinski definition) is 7. The molecule has 158 valence electrons. The zero-order valence-electron chi connectivity index (χ0n) is 16.7. The van der Waals surface area contributed by atoms with Gasteiger partial charge in [0.25, 0.3) is 0 Å². The molecule has 2 aliphatic heterocycles. The van der Waals surface area contributed by atoms with Crippen LogP contribution in [0.1, 0.15) is 18.7 Å². The number of ether oxygens (including phenoxy) is 1. The Morgan fingerprint density at radius 1 is 1.17 bits per heavy atom. The van der Waals surface area contributed by atoms with Gasteiger partial charge in [0.05, 0.1) is 13.7 Å². The van der Waals surface area contributed by atoms with Gasteiger partial charge in [0.1, 0.15) is 5.75 Å². The monoisotopic (exact) mass is 421 g/mol. The average Bonchev–Trinajstić information content (AvgIpc) is 3.23. The summed E-state index contributed by atoms with van der Waals surface area (Å²) in [4.78, 5) is 21.4. The van der Waals surface area contributed by atoms with Crippen LogP contribution < -0.4 is 10.1 Å². The first-order chi connectivity index (χ1) is 13.7. The summed E-state index contributed by atoms with van der Waals surface area (Å²) in [6, 6.07) is 7.59. The Kier molecular flexibility index (Phi) is 7.46. The molecule has 1 aromatic heterocycles. The lowest BCUT2D eigenvalue weighted by molar-refractivity contribution is -0.138. The second-order valence-electron chi connectivity index (χ2n) is 7.37. The number of rotatable bonds is 5. The van der Waals surface area contributed by atoms with Crippen molar-refractivity contribution in [3.8, 4) is 17.1 Å². The van der Waals surface area contributed by atoms with Crippen molar-refractivity contribution in [2.45, 2.75) is 19.4 Å². The highest BCUT2D eigenvalue weighted by molar-refractivity contribution is 5.85. The highest BCUT2D eigenvalue weighted by atomic mass is 35.5. The molecule has 1 aromatic carbocycles. The fraction of sp³-hybridized carbons (Fsp3) is 0.550. The van der Waals surface area contributed by atoms with Crippen LogP contribution in [0.5, 0.6) is 5.75 Å². The predicted octanol–water partition coefficient (Wildman–Crippen LogP) is 1.81. The van der Waals surface area contributed by atoms with E-state index < -0.39 is 0 Å². The van der Waals surface area contributed by atoms with Crippen molar-refractivity contribution in [1.29, 1.82) is 0 Å². The fourth-order valence-corrected chi connectivity index (χ4v) is 3.82. The Morgan fingerprint density at radius 3 is 2.52 bits per heavy atom. The van der Waals surface area contributed by atoms with Gasteiger partial charge < -0.3 is 19.5 Å². The first kappa shape index (κ1) is 21.5. The van der Waals surface area contributed by atoms with Crippen molar-refractivity contribution < 1.29 is 14.1 Å². The number of carbonyl (C=O) groups is 1. The molecular formula is C20H28ClN5O3. The van der Waals surface area contributed by atoms with E-state index >= 15 is 0 Å². The molecule has 2 fully saturated rings. The molecule has 0 saturated carbocycles. The molecule has 8 nitrogen and oxygen atoms in total. The van der Waals surface area contributed by atoms with E-state index in [9.17, 15) is 4.79 Å². The number of nitrogens with one attached hydrogen (secondary N) is 1. The maximum absolute atomic E-state index is 12.7. The SMILES string of the molecule is COc1ccc(-c2noc(CN3CCN(C(=O)C4CCNCC4)CC3)n2)cc1.Cl. The lowest BCUT2D eigenvalue weighted by Gasteiger charge is -2.36. The first-order valence-corrected chi connectivity index (χ1v) is 9.92. The summed E-state index contributed by atoms with van der Waals surface area (Å²) >= 11 is 0. The van der Waals surface area contributed by atoms with Crippen molar-refractivity contribution >= 4 is 18.3 Å². The summed E-state index contributed by atoms with van der Waals surface area (Å²) in [6.07, 6.45) is 1.91. The molecule has 9 heteroatoms. The summed E-state index contributed by atoms with van der Waals surface area (Å²) in [6.45, 7) is 5.70. The van der Waals surface area contributed by atoms with Gasteiger partial charge in [-0.05, 0) is 50.2 Å². The van der Waals surface area contributed by atoms with E-state index in [-0.39, 0.29) is 18.3 Å². The van der Waals surface area contributed by atoms with Gasteiger partial charge in [-0.25, -0.2) is 0 Å². The van der Waals surface area contributed by atoms with Crippen molar-refractivity contribution in [2.24, 2.45) is 5.92 Å². The zero-order chi connectivity index (χ0) is 19.3. The van der Waals surface area contributed by atoms with Crippen molar-refractivity contribution in [3.63, 3.8) is 0 Å². The van der Waals surface area contributed by atoms with E-state index in [4.69, 9.17) is 9.26 Å². The van der Waals surface area contributed by atoms with E-state index in [1.165, 1.54) is 0 Å². The number of nitrogens with zero attached hydrogens (tertiary/aromatic N) is 4. The molecule has 0 radical (unpaired) electrons. The van der Waals surface area contributed by atoms with Gasteiger partial charge >= 0.3 is 0 Å². The molecule has 0 unspecified atom stereocenters. The number of piperazine rings is 1. The Morgan fingerprint density at radius 2 is 1.86 bits per heavy atom. The topological polar surface area (TPSA) is 83.7 Å². The number of halogens is 1. The normalized spacial score (nSPS) is 18.3. The molecule has 0 aliphatic carbocycles. The van der Waals surface area contributed by atoms with Crippen molar-refractivity contribution in [3.05, 3.63) is 30.2 Å². The number of carbonyl (C=O) groups excluding carboxylic acids is 1. The van der Waals surface area contributed by atoms with Crippen LogP contribution in [0.25, 0.3) is 11.4 Å². The lowest BCUT2D eigenvalue weighted by atomic mass is 9.96. The third kappa shape index (κ3) is 5.26. The number of hydrogen-bond donors (Lipinski definition) is 1. The maximum Gasteiger partial charge on any atom is 0.241 e. The van der Waals surface area contributed by atoms with E-state index in [0.717, 1.165) is 63.4 Å². The van der Waals surface area contributed by atoms with E-state index in [1.807, 2.05) is 29.2 Å². The Hall–Kier alpha value is -2.16. The van der Waals surface area contributed by atoms with Crippen LogP contribution >= 0.6 is 12.4 Å². The van der Waals surface area contributed by atoms with Crippen molar-refractivity contribution in [2.75, 3.05) is 46.4 Å². The largest absolute Gasteiger partial charge is 0.497 e. The maximum atomic E-state index is 12.7. The van der Waals surface area contributed by atoms with E-state index in [0.29, 0.717) is 24.2 Å². The van der Waals surface area contributed by atoms with Crippen LogP contribution in [0.3, 0.4) is 0 Å². The summed E-state index contributed by atoms with van der Waals surface area (Å²) in [5, 5.41) is 7.41. The van der Waals surface area contributed by atoms with Crippen LogP contribution in [0.15, 0.2) is 28.8 Å². The molecule has 1 N–H and O–H groups in total. The van der Waals surface area contributed by atoms with Crippen LogP contribution in [0.2, 0.25) is 0 Å². The second kappa shape index (κ2) is 10.0. The second-order valence-corrected chi connectivity index (χ2v) is 7.37. The molecule has 4 rings (SSSR count). The van der Waals surface area contributed by atoms with Crippen LogP contribution in [-0.4, -0.2) is 72.2 Å². The van der Waals surface area contributed by atoms with Gasteiger partial charge in [-0.2, -0.15) is 4.98 Å². The molecule has 0 bridgehead atoms. The quantitative estimate of drug-likeness (QED) is 0.788. The van der Waals surface area contributed by atoms with Gasteiger partial charge in [-0.1, -0.05) is 5.16 Å². The average molecular weight is 422 g/mol. The number of aromatic nitrogens is 2.